The van der Waals surface area contributed by atoms with Gasteiger partial charge in [0.15, 0.2) is 0 Å². The average molecular weight is 596 g/mol. The predicted octanol–water partition coefficient (Wildman–Crippen LogP) is 10.5. The number of hydrogen-bond acceptors (Lipinski definition) is 2. The van der Waals surface area contributed by atoms with Crippen LogP contribution in [0.25, 0.3) is 54.6 Å². The van der Waals surface area contributed by atoms with Crippen LogP contribution in [0.4, 0.5) is 0 Å². The molecule has 0 aliphatic rings. The monoisotopic (exact) mass is 594 g/mol. The largest absolute Gasteiger partial charge is 0.506 e. The number of furan rings is 1. The van der Waals surface area contributed by atoms with Gasteiger partial charge < -0.3 is 9.52 Å². The van der Waals surface area contributed by atoms with E-state index in [9.17, 15) is 5.11 Å². The van der Waals surface area contributed by atoms with Crippen molar-refractivity contribution >= 4 is 75.3 Å². The van der Waals surface area contributed by atoms with Gasteiger partial charge in [0, 0.05) is 21.7 Å². The van der Waals surface area contributed by atoms with Crippen molar-refractivity contribution in [2.24, 2.45) is 0 Å². The molecule has 0 atom stereocenters. The van der Waals surface area contributed by atoms with Gasteiger partial charge in [-0.2, -0.15) is 0 Å². The Morgan fingerprint density at radius 2 is 1.14 bits per heavy atom. The van der Waals surface area contributed by atoms with Gasteiger partial charge in [-0.15, -0.1) is 0 Å². The summed E-state index contributed by atoms with van der Waals surface area (Å²) in [6, 6.07) is 38.8. The van der Waals surface area contributed by atoms with Crippen LogP contribution in [-0.2, 0) is 0 Å². The summed E-state index contributed by atoms with van der Waals surface area (Å²) >= 11 is 6.89. The predicted molar refractivity (Wildman–Crippen MR) is 158 cm³/mol. The molecule has 0 radical (unpaired) electrons. The third kappa shape index (κ3) is 4.06. The highest BCUT2D eigenvalue weighted by atomic mass is 79.9. The lowest BCUT2D eigenvalue weighted by Gasteiger charge is -2.07. The third-order valence-corrected chi connectivity index (χ3v) is 7.65. The zero-order chi connectivity index (χ0) is 24.6. The topological polar surface area (TPSA) is 33.4 Å². The molecule has 0 fully saturated rings. The second kappa shape index (κ2) is 9.45. The van der Waals surface area contributed by atoms with E-state index in [1.807, 2.05) is 60.7 Å². The first-order valence-corrected chi connectivity index (χ1v) is 13.1. The Labute approximate surface area is 225 Å². The van der Waals surface area contributed by atoms with Crippen molar-refractivity contribution in [2.75, 3.05) is 0 Å². The molecule has 1 heterocycles. The Kier molecular flexibility index (Phi) is 6.00. The Bertz CT molecular complexity index is 1890. The molecule has 6 aromatic carbocycles. The first-order valence-electron chi connectivity index (χ1n) is 11.6. The molecule has 0 aliphatic carbocycles. The van der Waals surface area contributed by atoms with Crippen LogP contribution in [0.3, 0.4) is 0 Å². The summed E-state index contributed by atoms with van der Waals surface area (Å²) in [5.74, 6) is 0.285. The fourth-order valence-corrected chi connectivity index (χ4v) is 5.41. The van der Waals surface area contributed by atoms with Crippen LogP contribution in [0.2, 0.25) is 0 Å². The van der Waals surface area contributed by atoms with E-state index in [1.54, 1.807) is 0 Å². The quantitative estimate of drug-likeness (QED) is 0.205. The molecule has 174 valence electrons. The molecule has 0 aliphatic heterocycles. The lowest BCUT2D eigenvalue weighted by molar-refractivity contribution is 0.474. The van der Waals surface area contributed by atoms with Crippen LogP contribution in [-0.4, -0.2) is 5.11 Å². The molecule has 1 N–H and O–H groups in total. The molecule has 0 saturated carbocycles. The molecule has 7 rings (SSSR count). The summed E-state index contributed by atoms with van der Waals surface area (Å²) < 4.78 is 7.77. The fourth-order valence-electron chi connectivity index (χ4n) is 4.60. The Balaban J connectivity index is 0.000000133. The zero-order valence-corrected chi connectivity index (χ0v) is 22.3. The number of benzene rings is 6. The van der Waals surface area contributed by atoms with Gasteiger partial charge in [0.05, 0.1) is 8.95 Å². The standard InChI is InChI=1S/C16H9BrO.C16H11BrO/c17-14-7-3-6-12-13-9-8-10-4-1-2-5-11(10)15(13)18-16(12)14;17-15-7-3-6-14(16(15)18)13-9-8-11-4-1-2-5-12(11)10-13/h1-9H;1-10,18H. The summed E-state index contributed by atoms with van der Waals surface area (Å²) in [5.41, 5.74) is 3.75. The van der Waals surface area contributed by atoms with Crippen LogP contribution in [0.5, 0.6) is 5.75 Å². The second-order valence-corrected chi connectivity index (χ2v) is 10.3. The van der Waals surface area contributed by atoms with Crippen molar-refractivity contribution in [3.05, 3.63) is 124 Å². The number of rotatable bonds is 1. The lowest BCUT2D eigenvalue weighted by atomic mass is 10.0. The van der Waals surface area contributed by atoms with Crippen molar-refractivity contribution in [1.82, 2.24) is 0 Å². The number of hydrogen-bond donors (Lipinski definition) is 1. The number of halogens is 2. The van der Waals surface area contributed by atoms with E-state index in [0.717, 1.165) is 37.5 Å². The highest BCUT2D eigenvalue weighted by Crippen LogP contribution is 2.37. The first-order chi connectivity index (χ1) is 17.6. The molecule has 4 heteroatoms. The maximum Gasteiger partial charge on any atom is 0.149 e. The summed E-state index contributed by atoms with van der Waals surface area (Å²) in [5, 5.41) is 17.2. The van der Waals surface area contributed by atoms with E-state index in [-0.39, 0.29) is 5.75 Å². The molecular formula is C32H20Br2O2. The summed E-state index contributed by atoms with van der Waals surface area (Å²) in [4.78, 5) is 0. The molecule has 7 aromatic rings. The second-order valence-electron chi connectivity index (χ2n) is 8.58. The molecule has 2 nitrogen and oxygen atoms in total. The molecule has 36 heavy (non-hydrogen) atoms. The van der Waals surface area contributed by atoms with Gasteiger partial charge >= 0.3 is 0 Å². The summed E-state index contributed by atoms with van der Waals surface area (Å²) in [6.45, 7) is 0. The number of fused-ring (bicyclic) bond motifs is 6. The van der Waals surface area contributed by atoms with Crippen molar-refractivity contribution in [3.8, 4) is 16.9 Å². The molecule has 0 saturated heterocycles. The third-order valence-electron chi connectivity index (χ3n) is 6.39. The van der Waals surface area contributed by atoms with Crippen LogP contribution in [0, 0.1) is 0 Å². The minimum atomic E-state index is 0.285. The fraction of sp³-hybridized carbons (Fsp3) is 0. The molecule has 0 spiro atoms. The minimum Gasteiger partial charge on any atom is -0.506 e. The van der Waals surface area contributed by atoms with Gasteiger partial charge in [0.25, 0.3) is 0 Å². The number of aromatic hydroxyl groups is 1. The maximum atomic E-state index is 10.1. The SMILES string of the molecule is Brc1cccc2c1oc1c3ccccc3ccc21.Oc1c(Br)cccc1-c1ccc2ccccc2c1. The maximum absolute atomic E-state index is 10.1. The number of para-hydroxylation sites is 2. The normalized spacial score (nSPS) is 11.2. The van der Waals surface area contributed by atoms with Gasteiger partial charge in [-0.05, 0) is 77.8 Å². The first kappa shape index (κ1) is 22.8. The van der Waals surface area contributed by atoms with Crippen molar-refractivity contribution in [2.45, 2.75) is 0 Å². The van der Waals surface area contributed by atoms with Crippen molar-refractivity contribution in [3.63, 3.8) is 0 Å². The Hall–Kier alpha value is -3.60. The summed E-state index contributed by atoms with van der Waals surface area (Å²) in [7, 11) is 0. The molecule has 0 bridgehead atoms. The van der Waals surface area contributed by atoms with E-state index >= 15 is 0 Å². The summed E-state index contributed by atoms with van der Waals surface area (Å²) in [6.07, 6.45) is 0. The van der Waals surface area contributed by atoms with Gasteiger partial charge in [0.1, 0.15) is 16.9 Å². The van der Waals surface area contributed by atoms with Gasteiger partial charge in [0.2, 0.25) is 0 Å². The van der Waals surface area contributed by atoms with E-state index in [2.05, 4.69) is 86.5 Å². The average Bonchev–Trinajstić information content (AvgIpc) is 3.31. The molecular weight excluding hydrogens is 576 g/mol. The number of phenols is 1. The highest BCUT2D eigenvalue weighted by Gasteiger charge is 2.11. The Morgan fingerprint density at radius 1 is 0.500 bits per heavy atom. The molecule has 1 aromatic heterocycles. The van der Waals surface area contributed by atoms with Gasteiger partial charge in [-0.1, -0.05) is 91.0 Å². The van der Waals surface area contributed by atoms with Crippen molar-refractivity contribution in [1.29, 1.82) is 0 Å². The molecule has 0 unspecified atom stereocenters. The van der Waals surface area contributed by atoms with Gasteiger partial charge in [-0.3, -0.25) is 0 Å². The zero-order valence-electron chi connectivity index (χ0n) is 19.1. The highest BCUT2D eigenvalue weighted by molar-refractivity contribution is 9.11. The minimum absolute atomic E-state index is 0.285. The van der Waals surface area contributed by atoms with E-state index in [1.165, 1.54) is 21.5 Å². The van der Waals surface area contributed by atoms with Crippen LogP contribution in [0.15, 0.2) is 129 Å². The molecule has 0 amide bonds. The van der Waals surface area contributed by atoms with E-state index in [4.69, 9.17) is 4.42 Å². The lowest BCUT2D eigenvalue weighted by Crippen LogP contribution is -1.81. The van der Waals surface area contributed by atoms with E-state index < -0.39 is 0 Å². The van der Waals surface area contributed by atoms with Gasteiger partial charge in [-0.25, -0.2) is 0 Å². The van der Waals surface area contributed by atoms with Crippen LogP contribution >= 0.6 is 31.9 Å². The van der Waals surface area contributed by atoms with E-state index in [0.29, 0.717) is 4.47 Å². The number of phenolic OH excluding ortho intramolecular Hbond substituents is 1. The van der Waals surface area contributed by atoms with Crippen molar-refractivity contribution < 1.29 is 9.52 Å². The van der Waals surface area contributed by atoms with Crippen LogP contribution < -0.4 is 0 Å². The Morgan fingerprint density at radius 3 is 2.00 bits per heavy atom. The smallest absolute Gasteiger partial charge is 0.149 e. The van der Waals surface area contributed by atoms with Crippen LogP contribution in [0.1, 0.15) is 0 Å².